The monoisotopic (exact) mass is 192 g/mol. The summed E-state index contributed by atoms with van der Waals surface area (Å²) in [5.41, 5.74) is 0.331. The highest BCUT2D eigenvalue weighted by atomic mass is 16.1. The van der Waals surface area contributed by atoms with Gasteiger partial charge in [0.2, 0.25) is 0 Å². The third-order valence-electron chi connectivity index (χ3n) is 1.55. The lowest BCUT2D eigenvalue weighted by Crippen LogP contribution is -2.24. The van der Waals surface area contributed by atoms with Crippen LogP contribution in [0, 0.1) is 11.8 Å². The molecule has 0 fully saturated rings. The number of aryl methyl sites for hydroxylation is 1. The number of rotatable bonds is 3. The SMILES string of the molecule is CC#CCCNC(=O)c1cn(C)nn1. The molecule has 1 aromatic rings. The second-order valence-electron chi connectivity index (χ2n) is 2.71. The number of nitrogens with zero attached hydrogens (tertiary/aromatic N) is 3. The van der Waals surface area contributed by atoms with Gasteiger partial charge in [0.05, 0.1) is 6.20 Å². The molecule has 1 N–H and O–H groups in total. The second kappa shape index (κ2) is 5.02. The van der Waals surface area contributed by atoms with Crippen molar-refractivity contribution >= 4 is 5.91 Å². The Hall–Kier alpha value is -1.83. The van der Waals surface area contributed by atoms with Crippen molar-refractivity contribution in [2.24, 2.45) is 7.05 Å². The number of amides is 1. The van der Waals surface area contributed by atoms with Gasteiger partial charge in [0.25, 0.3) is 5.91 Å². The van der Waals surface area contributed by atoms with Gasteiger partial charge in [-0.2, -0.15) is 0 Å². The van der Waals surface area contributed by atoms with Gasteiger partial charge in [-0.05, 0) is 6.92 Å². The molecule has 0 aliphatic carbocycles. The fraction of sp³-hybridized carbons (Fsp3) is 0.444. The highest BCUT2D eigenvalue weighted by Crippen LogP contribution is 1.90. The molecule has 0 saturated carbocycles. The molecule has 0 bridgehead atoms. The van der Waals surface area contributed by atoms with Crippen molar-refractivity contribution in [1.29, 1.82) is 0 Å². The van der Waals surface area contributed by atoms with Gasteiger partial charge in [-0.3, -0.25) is 9.48 Å². The van der Waals surface area contributed by atoms with Crippen LogP contribution in [0.4, 0.5) is 0 Å². The van der Waals surface area contributed by atoms with Crippen molar-refractivity contribution in [2.75, 3.05) is 6.54 Å². The molecule has 0 aliphatic rings. The standard InChI is InChI=1S/C9H12N4O/c1-3-4-5-6-10-9(14)8-7-13(2)12-11-8/h7H,5-6H2,1-2H3,(H,10,14). The van der Waals surface area contributed by atoms with E-state index in [1.165, 1.54) is 4.68 Å². The van der Waals surface area contributed by atoms with E-state index >= 15 is 0 Å². The summed E-state index contributed by atoms with van der Waals surface area (Å²) in [5, 5.41) is 10.0. The zero-order chi connectivity index (χ0) is 10.4. The van der Waals surface area contributed by atoms with Gasteiger partial charge in [-0.1, -0.05) is 5.21 Å². The summed E-state index contributed by atoms with van der Waals surface area (Å²) in [6.07, 6.45) is 2.23. The summed E-state index contributed by atoms with van der Waals surface area (Å²) in [6.45, 7) is 2.31. The van der Waals surface area contributed by atoms with Crippen LogP contribution in [0.3, 0.4) is 0 Å². The number of nitrogens with one attached hydrogen (secondary N) is 1. The Labute approximate surface area is 82.5 Å². The lowest BCUT2D eigenvalue weighted by molar-refractivity contribution is 0.0949. The molecule has 0 radical (unpaired) electrons. The predicted molar refractivity (Wildman–Crippen MR) is 51.4 cm³/mol. The molecule has 0 aromatic carbocycles. The zero-order valence-corrected chi connectivity index (χ0v) is 8.24. The van der Waals surface area contributed by atoms with Crippen LogP contribution in [-0.2, 0) is 7.05 Å². The van der Waals surface area contributed by atoms with Crippen LogP contribution in [0.5, 0.6) is 0 Å². The summed E-state index contributed by atoms with van der Waals surface area (Å²) >= 11 is 0. The Morgan fingerprint density at radius 1 is 1.71 bits per heavy atom. The van der Waals surface area contributed by atoms with E-state index in [1.54, 1.807) is 20.2 Å². The first-order valence-electron chi connectivity index (χ1n) is 4.28. The lowest BCUT2D eigenvalue weighted by Gasteiger charge is -1.97. The molecule has 0 saturated heterocycles. The fourth-order valence-corrected chi connectivity index (χ4v) is 0.905. The summed E-state index contributed by atoms with van der Waals surface area (Å²) in [5.74, 6) is 5.39. The Morgan fingerprint density at radius 2 is 2.50 bits per heavy atom. The van der Waals surface area contributed by atoms with Gasteiger partial charge in [0.15, 0.2) is 5.69 Å². The number of hydrogen-bond donors (Lipinski definition) is 1. The van der Waals surface area contributed by atoms with Crippen molar-refractivity contribution in [3.8, 4) is 11.8 Å². The molecule has 0 aliphatic heterocycles. The number of carbonyl (C=O) groups is 1. The van der Waals surface area contributed by atoms with Gasteiger partial charge in [0.1, 0.15) is 0 Å². The van der Waals surface area contributed by atoms with Crippen LogP contribution in [0.15, 0.2) is 6.20 Å². The zero-order valence-electron chi connectivity index (χ0n) is 8.24. The van der Waals surface area contributed by atoms with Crippen molar-refractivity contribution in [1.82, 2.24) is 20.3 Å². The van der Waals surface area contributed by atoms with Crippen molar-refractivity contribution in [2.45, 2.75) is 13.3 Å². The van der Waals surface area contributed by atoms with Crippen LogP contribution >= 0.6 is 0 Å². The molecular weight excluding hydrogens is 180 g/mol. The number of carbonyl (C=O) groups excluding carboxylic acids is 1. The molecule has 0 spiro atoms. The largest absolute Gasteiger partial charge is 0.350 e. The van der Waals surface area contributed by atoms with Crippen LogP contribution in [-0.4, -0.2) is 27.4 Å². The molecule has 0 unspecified atom stereocenters. The minimum absolute atomic E-state index is 0.212. The third kappa shape index (κ3) is 2.90. The van der Waals surface area contributed by atoms with Crippen LogP contribution < -0.4 is 5.32 Å². The molecule has 5 heteroatoms. The van der Waals surface area contributed by atoms with Crippen LogP contribution in [0.1, 0.15) is 23.8 Å². The average Bonchev–Trinajstić information content (AvgIpc) is 2.59. The van der Waals surface area contributed by atoms with E-state index < -0.39 is 0 Å². The van der Waals surface area contributed by atoms with E-state index in [-0.39, 0.29) is 5.91 Å². The summed E-state index contributed by atoms with van der Waals surface area (Å²) in [4.78, 5) is 11.3. The van der Waals surface area contributed by atoms with E-state index in [4.69, 9.17) is 0 Å². The Bertz CT molecular complexity index is 372. The summed E-state index contributed by atoms with van der Waals surface area (Å²) in [6, 6.07) is 0. The fourth-order valence-electron chi connectivity index (χ4n) is 0.905. The van der Waals surface area contributed by atoms with Crippen LogP contribution in [0.2, 0.25) is 0 Å². The highest BCUT2D eigenvalue weighted by Gasteiger charge is 2.07. The minimum atomic E-state index is -0.212. The Kier molecular flexibility index (Phi) is 3.68. The molecule has 1 amide bonds. The third-order valence-corrected chi connectivity index (χ3v) is 1.55. The van der Waals surface area contributed by atoms with E-state index in [0.717, 1.165) is 0 Å². The molecule has 1 aromatic heterocycles. The molecule has 5 nitrogen and oxygen atoms in total. The number of hydrogen-bond acceptors (Lipinski definition) is 3. The maximum Gasteiger partial charge on any atom is 0.273 e. The molecule has 1 heterocycles. The van der Waals surface area contributed by atoms with Crippen molar-refractivity contribution in [3.05, 3.63) is 11.9 Å². The first-order valence-corrected chi connectivity index (χ1v) is 4.28. The summed E-state index contributed by atoms with van der Waals surface area (Å²) < 4.78 is 1.49. The quantitative estimate of drug-likeness (QED) is 0.540. The molecule has 74 valence electrons. The van der Waals surface area contributed by atoms with E-state index in [2.05, 4.69) is 27.5 Å². The maximum absolute atomic E-state index is 11.3. The van der Waals surface area contributed by atoms with Gasteiger partial charge < -0.3 is 5.32 Å². The van der Waals surface area contributed by atoms with E-state index in [0.29, 0.717) is 18.7 Å². The maximum atomic E-state index is 11.3. The van der Waals surface area contributed by atoms with E-state index in [1.807, 2.05) is 0 Å². The van der Waals surface area contributed by atoms with Crippen molar-refractivity contribution in [3.63, 3.8) is 0 Å². The normalized spacial score (nSPS) is 9.00. The van der Waals surface area contributed by atoms with Gasteiger partial charge >= 0.3 is 0 Å². The smallest absolute Gasteiger partial charge is 0.273 e. The first-order chi connectivity index (χ1) is 6.74. The lowest BCUT2D eigenvalue weighted by atomic mass is 10.4. The molecule has 14 heavy (non-hydrogen) atoms. The Balaban J connectivity index is 2.38. The topological polar surface area (TPSA) is 59.8 Å². The predicted octanol–water partition coefficient (Wildman–Crippen LogP) is -0.0417. The molecule has 1 rings (SSSR count). The van der Waals surface area contributed by atoms with E-state index in [9.17, 15) is 4.79 Å². The van der Waals surface area contributed by atoms with Gasteiger partial charge in [-0.25, -0.2) is 0 Å². The van der Waals surface area contributed by atoms with Gasteiger partial charge in [-0.15, -0.1) is 16.9 Å². The highest BCUT2D eigenvalue weighted by molar-refractivity contribution is 5.91. The second-order valence-corrected chi connectivity index (χ2v) is 2.71. The summed E-state index contributed by atoms with van der Waals surface area (Å²) in [7, 11) is 1.71. The molecular formula is C9H12N4O. The van der Waals surface area contributed by atoms with Crippen LogP contribution in [0.25, 0.3) is 0 Å². The van der Waals surface area contributed by atoms with Gasteiger partial charge in [0, 0.05) is 20.0 Å². The molecule has 0 atom stereocenters. The minimum Gasteiger partial charge on any atom is -0.350 e. The first kappa shape index (κ1) is 10.3. The van der Waals surface area contributed by atoms with Crippen molar-refractivity contribution < 1.29 is 4.79 Å². The average molecular weight is 192 g/mol. The Morgan fingerprint density at radius 3 is 3.07 bits per heavy atom. The number of aromatic nitrogens is 3.